The van der Waals surface area contributed by atoms with Gasteiger partial charge in [-0.25, -0.2) is 9.59 Å². The SMILES string of the molecule is C=C1[C@H]2[C@H](O[C@@H]3O[C@H](CO)[C@@H](O)[C@H](O)[C@H]3O)OC=C(C(=O)OC[C@@H](O)[C@@H](O)[C@H](O)[C@H](O)CO)[C@H]2C[C@@H]1OC(=O)/C=C/c1ccc(O)c(O)c1. The first kappa shape index (κ1) is 38.1. The maximum Gasteiger partial charge on any atom is 0.337 e. The molecule has 2 aliphatic heterocycles. The number of carbonyl (C=O) groups excluding carboxylic acids is 2. The maximum absolute atomic E-state index is 13.2. The molecule has 1 aromatic carbocycles. The molecule has 1 saturated heterocycles. The summed E-state index contributed by atoms with van der Waals surface area (Å²) in [6, 6.07) is 3.84. The fourth-order valence-electron chi connectivity index (χ4n) is 5.65. The van der Waals surface area contributed by atoms with E-state index in [1.54, 1.807) is 0 Å². The van der Waals surface area contributed by atoms with Crippen molar-refractivity contribution in [3.05, 3.63) is 53.8 Å². The molecule has 18 heteroatoms. The number of esters is 2. The Morgan fingerprint density at radius 1 is 0.959 bits per heavy atom. The van der Waals surface area contributed by atoms with Gasteiger partial charge in [0, 0.05) is 12.0 Å². The number of aliphatic hydroxyl groups is 9. The zero-order valence-corrected chi connectivity index (χ0v) is 25.8. The first-order valence-electron chi connectivity index (χ1n) is 15.1. The Balaban J connectivity index is 1.52. The van der Waals surface area contributed by atoms with E-state index in [9.17, 15) is 60.7 Å². The fourth-order valence-corrected chi connectivity index (χ4v) is 5.65. The molecule has 0 bridgehead atoms. The van der Waals surface area contributed by atoms with Crippen molar-refractivity contribution < 1.29 is 89.4 Å². The number of benzene rings is 1. The Labute approximate surface area is 278 Å². The van der Waals surface area contributed by atoms with Crippen LogP contribution in [0.4, 0.5) is 0 Å². The lowest BCUT2D eigenvalue weighted by molar-refractivity contribution is -0.339. The van der Waals surface area contributed by atoms with Crippen molar-refractivity contribution in [3.8, 4) is 11.5 Å². The molecule has 13 atom stereocenters. The second-order valence-corrected chi connectivity index (χ2v) is 11.8. The summed E-state index contributed by atoms with van der Waals surface area (Å²) in [6.45, 7) is 1.46. The number of hydrogen-bond acceptors (Lipinski definition) is 18. The average Bonchev–Trinajstić information content (AvgIpc) is 3.41. The summed E-state index contributed by atoms with van der Waals surface area (Å²) in [5.74, 6) is -4.63. The van der Waals surface area contributed by atoms with E-state index in [-0.39, 0.29) is 23.3 Å². The Bertz CT molecular complexity index is 1390. The number of hydrogen-bond donors (Lipinski definition) is 11. The molecule has 18 nitrogen and oxygen atoms in total. The number of aromatic hydroxyl groups is 2. The number of rotatable bonds is 13. The zero-order chi connectivity index (χ0) is 36.2. The van der Waals surface area contributed by atoms with Crippen LogP contribution in [0, 0.1) is 11.8 Å². The van der Waals surface area contributed by atoms with Crippen LogP contribution < -0.4 is 0 Å². The number of carbonyl (C=O) groups is 2. The van der Waals surface area contributed by atoms with Gasteiger partial charge in [0.05, 0.1) is 31.0 Å². The summed E-state index contributed by atoms with van der Waals surface area (Å²) >= 11 is 0. The smallest absolute Gasteiger partial charge is 0.337 e. The van der Waals surface area contributed by atoms with Crippen molar-refractivity contribution in [2.24, 2.45) is 11.8 Å². The molecule has 0 unspecified atom stereocenters. The molecule has 11 N–H and O–H groups in total. The van der Waals surface area contributed by atoms with Crippen LogP contribution in [0.15, 0.2) is 48.3 Å². The predicted octanol–water partition coefficient (Wildman–Crippen LogP) is -3.75. The topological polar surface area (TPSA) is 303 Å². The third kappa shape index (κ3) is 8.56. The van der Waals surface area contributed by atoms with E-state index in [1.807, 2.05) is 0 Å². The van der Waals surface area contributed by atoms with E-state index in [0.29, 0.717) is 5.56 Å². The lowest BCUT2D eigenvalue weighted by Crippen LogP contribution is -2.60. The molecular weight excluding hydrogens is 660 g/mol. The normalized spacial score (nSPS) is 32.4. The third-order valence-electron chi connectivity index (χ3n) is 8.50. The van der Waals surface area contributed by atoms with Crippen LogP contribution >= 0.6 is 0 Å². The van der Waals surface area contributed by atoms with Gasteiger partial charge in [-0.2, -0.15) is 0 Å². The molecule has 0 aromatic heterocycles. The van der Waals surface area contributed by atoms with Crippen molar-refractivity contribution in [1.29, 1.82) is 0 Å². The molecule has 49 heavy (non-hydrogen) atoms. The standard InChI is InChI=1S/C31H40O18/c1-12-20(47-22(38)5-3-13-2-4-16(34)17(35)6-13)7-14-15(29(44)45-11-19(37)25(40)24(39)18(36)8-32)10-46-30(23(12)14)49-31-28(43)27(42)26(41)21(9-33)48-31/h2-6,10,14,18-21,23-28,30-37,39-43H,1,7-9,11H2/b5-3+/t14-,18-,19-,20+,21-,23-,24-,25-,26-,27+,28-,30+,31+/m1/s1. The quantitative estimate of drug-likeness (QED) is 0.0408. The lowest BCUT2D eigenvalue weighted by Gasteiger charge is -2.42. The van der Waals surface area contributed by atoms with Crippen LogP contribution in [-0.2, 0) is 33.3 Å². The Morgan fingerprint density at radius 2 is 1.65 bits per heavy atom. The summed E-state index contributed by atoms with van der Waals surface area (Å²) < 4.78 is 27.5. The monoisotopic (exact) mass is 700 g/mol. The lowest BCUT2D eigenvalue weighted by atomic mass is 9.85. The highest BCUT2D eigenvalue weighted by Gasteiger charge is 2.53. The van der Waals surface area contributed by atoms with Gasteiger partial charge in [0.1, 0.15) is 61.5 Å². The highest BCUT2D eigenvalue weighted by atomic mass is 16.8. The summed E-state index contributed by atoms with van der Waals surface area (Å²) in [6.07, 6.45) is -15.2. The van der Waals surface area contributed by atoms with E-state index in [2.05, 4.69) is 6.58 Å². The largest absolute Gasteiger partial charge is 0.504 e. The number of fused-ring (bicyclic) bond motifs is 1. The zero-order valence-electron chi connectivity index (χ0n) is 25.8. The van der Waals surface area contributed by atoms with E-state index >= 15 is 0 Å². The van der Waals surface area contributed by atoms with Crippen LogP contribution in [0.3, 0.4) is 0 Å². The van der Waals surface area contributed by atoms with Crippen LogP contribution in [0.25, 0.3) is 6.08 Å². The third-order valence-corrected chi connectivity index (χ3v) is 8.50. The second kappa shape index (κ2) is 16.4. The Hall–Kier alpha value is -3.66. The number of aliphatic hydroxyl groups excluding tert-OH is 9. The van der Waals surface area contributed by atoms with Crippen molar-refractivity contribution in [3.63, 3.8) is 0 Å². The molecule has 1 aliphatic carbocycles. The molecule has 1 aromatic rings. The van der Waals surface area contributed by atoms with Gasteiger partial charge in [-0.15, -0.1) is 0 Å². The molecule has 2 heterocycles. The summed E-state index contributed by atoms with van der Waals surface area (Å²) in [5, 5.41) is 108. The highest BCUT2D eigenvalue weighted by molar-refractivity contribution is 5.90. The Morgan fingerprint density at radius 3 is 2.31 bits per heavy atom. The van der Waals surface area contributed by atoms with Crippen LogP contribution in [-0.4, -0.2) is 155 Å². The van der Waals surface area contributed by atoms with Gasteiger partial charge in [0.15, 0.2) is 17.8 Å². The highest BCUT2D eigenvalue weighted by Crippen LogP contribution is 2.48. The van der Waals surface area contributed by atoms with Gasteiger partial charge in [0.2, 0.25) is 6.29 Å². The van der Waals surface area contributed by atoms with Crippen LogP contribution in [0.2, 0.25) is 0 Å². The average molecular weight is 701 g/mol. The molecular formula is C31H40O18. The van der Waals surface area contributed by atoms with Gasteiger partial charge in [0.25, 0.3) is 0 Å². The minimum absolute atomic E-state index is 0.0888. The number of phenolic OH excluding ortho intramolecular Hbond substituents is 2. The predicted molar refractivity (Wildman–Crippen MR) is 159 cm³/mol. The van der Waals surface area contributed by atoms with Gasteiger partial charge < -0.3 is 79.9 Å². The molecule has 2 fully saturated rings. The van der Waals surface area contributed by atoms with E-state index in [0.717, 1.165) is 12.3 Å². The Kier molecular flexibility index (Phi) is 12.7. The van der Waals surface area contributed by atoms with E-state index < -0.39 is 117 Å². The van der Waals surface area contributed by atoms with Crippen LogP contribution in [0.5, 0.6) is 11.5 Å². The molecule has 4 rings (SSSR count). The molecule has 0 amide bonds. The molecule has 1 saturated carbocycles. The minimum atomic E-state index is -2.01. The summed E-state index contributed by atoms with van der Waals surface area (Å²) in [4.78, 5) is 26.0. The van der Waals surface area contributed by atoms with Gasteiger partial charge in [-0.3, -0.25) is 0 Å². The molecule has 3 aliphatic rings. The van der Waals surface area contributed by atoms with Gasteiger partial charge in [-0.1, -0.05) is 12.6 Å². The van der Waals surface area contributed by atoms with Crippen molar-refractivity contribution in [2.75, 3.05) is 19.8 Å². The number of ether oxygens (including phenoxy) is 5. The molecule has 0 radical (unpaired) electrons. The first-order valence-corrected chi connectivity index (χ1v) is 15.1. The summed E-state index contributed by atoms with van der Waals surface area (Å²) in [7, 11) is 0. The van der Waals surface area contributed by atoms with Crippen LogP contribution in [0.1, 0.15) is 12.0 Å². The maximum atomic E-state index is 13.2. The van der Waals surface area contributed by atoms with Crippen molar-refractivity contribution in [1.82, 2.24) is 0 Å². The second-order valence-electron chi connectivity index (χ2n) is 11.8. The molecule has 272 valence electrons. The van der Waals surface area contributed by atoms with Crippen molar-refractivity contribution in [2.45, 2.75) is 73.9 Å². The van der Waals surface area contributed by atoms with E-state index in [1.165, 1.54) is 24.3 Å². The minimum Gasteiger partial charge on any atom is -0.504 e. The van der Waals surface area contributed by atoms with Crippen molar-refractivity contribution >= 4 is 18.0 Å². The molecule has 0 spiro atoms. The first-order chi connectivity index (χ1) is 23.2. The van der Waals surface area contributed by atoms with Gasteiger partial charge >= 0.3 is 11.9 Å². The van der Waals surface area contributed by atoms with E-state index in [4.69, 9.17) is 28.8 Å². The fraction of sp³-hybridized carbons (Fsp3) is 0.548. The summed E-state index contributed by atoms with van der Waals surface area (Å²) in [5.41, 5.74) is 0.371. The van der Waals surface area contributed by atoms with Gasteiger partial charge in [-0.05, 0) is 35.8 Å². The number of phenols is 2.